The van der Waals surface area contributed by atoms with Crippen molar-refractivity contribution in [1.29, 1.82) is 0 Å². The number of hydrogen-bond acceptors (Lipinski definition) is 2. The summed E-state index contributed by atoms with van der Waals surface area (Å²) in [4.78, 5) is 11.3. The van der Waals surface area contributed by atoms with Gasteiger partial charge < -0.3 is 10.1 Å². The number of halogens is 1. The summed E-state index contributed by atoms with van der Waals surface area (Å²) in [6, 6.07) is 0. The number of allylic oxidation sites excluding steroid dienone is 1. The van der Waals surface area contributed by atoms with Gasteiger partial charge in [-0.15, -0.1) is 0 Å². The van der Waals surface area contributed by atoms with Crippen molar-refractivity contribution in [2.24, 2.45) is 5.92 Å². The van der Waals surface area contributed by atoms with Gasteiger partial charge in [0.15, 0.2) is 0 Å². The number of nitrogens with one attached hydrogen (secondary N) is 1. The monoisotopic (exact) mass is 291 g/mol. The number of alkyl carbamates (subject to hydrolysis) is 1. The molecule has 4 heteroatoms. The molecule has 0 saturated heterocycles. The van der Waals surface area contributed by atoms with Crippen LogP contribution in [0.2, 0.25) is 0 Å². The van der Waals surface area contributed by atoms with Crippen LogP contribution in [0.25, 0.3) is 0 Å². The first-order chi connectivity index (χ1) is 7.26. The standard InChI is InChI=1S/C12H22BrNO2/c1-9(2)10(8-13)6-7-14-11(15)16-12(3,4)5/h6,9H,7-8H2,1-5H3,(H,14,15). The van der Waals surface area contributed by atoms with Gasteiger partial charge in [0.2, 0.25) is 0 Å². The zero-order valence-electron chi connectivity index (χ0n) is 10.8. The molecule has 1 amide bonds. The molecule has 0 atom stereocenters. The van der Waals surface area contributed by atoms with E-state index in [-0.39, 0.29) is 6.09 Å². The van der Waals surface area contributed by atoms with E-state index in [1.54, 1.807) is 0 Å². The van der Waals surface area contributed by atoms with Crippen molar-refractivity contribution in [3.05, 3.63) is 11.6 Å². The highest BCUT2D eigenvalue weighted by Crippen LogP contribution is 2.11. The van der Waals surface area contributed by atoms with Gasteiger partial charge in [-0.2, -0.15) is 0 Å². The minimum Gasteiger partial charge on any atom is -0.444 e. The van der Waals surface area contributed by atoms with Crippen molar-refractivity contribution in [1.82, 2.24) is 5.32 Å². The second kappa shape index (κ2) is 6.94. The van der Waals surface area contributed by atoms with Crippen LogP contribution >= 0.6 is 15.9 Å². The quantitative estimate of drug-likeness (QED) is 0.636. The molecule has 0 rings (SSSR count). The van der Waals surface area contributed by atoms with Gasteiger partial charge in [0.1, 0.15) is 5.60 Å². The zero-order valence-corrected chi connectivity index (χ0v) is 12.3. The van der Waals surface area contributed by atoms with Crippen LogP contribution in [0.5, 0.6) is 0 Å². The highest BCUT2D eigenvalue weighted by atomic mass is 79.9. The molecule has 0 aromatic carbocycles. The third kappa shape index (κ3) is 7.74. The molecule has 0 bridgehead atoms. The Kier molecular flexibility index (Phi) is 6.72. The first-order valence-corrected chi connectivity index (χ1v) is 6.60. The van der Waals surface area contributed by atoms with Crippen molar-refractivity contribution in [2.75, 3.05) is 11.9 Å². The van der Waals surface area contributed by atoms with Crippen LogP contribution in [0.1, 0.15) is 34.6 Å². The van der Waals surface area contributed by atoms with Gasteiger partial charge in [-0.25, -0.2) is 4.79 Å². The van der Waals surface area contributed by atoms with Gasteiger partial charge in [0, 0.05) is 11.9 Å². The fourth-order valence-corrected chi connectivity index (χ4v) is 1.90. The summed E-state index contributed by atoms with van der Waals surface area (Å²) >= 11 is 3.42. The third-order valence-electron chi connectivity index (χ3n) is 1.91. The molecular weight excluding hydrogens is 270 g/mol. The zero-order chi connectivity index (χ0) is 12.8. The molecular formula is C12H22BrNO2. The molecule has 0 saturated carbocycles. The Hall–Kier alpha value is -0.510. The highest BCUT2D eigenvalue weighted by molar-refractivity contribution is 9.09. The van der Waals surface area contributed by atoms with E-state index < -0.39 is 5.60 Å². The lowest BCUT2D eigenvalue weighted by atomic mass is 10.1. The second-order valence-corrected chi connectivity index (χ2v) is 5.51. The molecule has 94 valence electrons. The Bertz CT molecular complexity index is 254. The van der Waals surface area contributed by atoms with Crippen LogP contribution in [0.3, 0.4) is 0 Å². The Labute approximate surface area is 107 Å². The van der Waals surface area contributed by atoms with Crippen molar-refractivity contribution in [2.45, 2.75) is 40.2 Å². The van der Waals surface area contributed by atoms with E-state index >= 15 is 0 Å². The number of rotatable bonds is 4. The Balaban J connectivity index is 4.02. The normalized spacial score (nSPS) is 12.8. The maximum atomic E-state index is 11.3. The van der Waals surface area contributed by atoms with Crippen LogP contribution in [-0.4, -0.2) is 23.6 Å². The predicted molar refractivity (Wildman–Crippen MR) is 71.0 cm³/mol. The summed E-state index contributed by atoms with van der Waals surface area (Å²) in [5.41, 5.74) is 0.834. The summed E-state index contributed by atoms with van der Waals surface area (Å²) in [7, 11) is 0. The number of carbonyl (C=O) groups excluding carboxylic acids is 1. The lowest BCUT2D eigenvalue weighted by Gasteiger charge is -2.19. The maximum absolute atomic E-state index is 11.3. The number of hydrogen-bond donors (Lipinski definition) is 1. The molecule has 3 nitrogen and oxygen atoms in total. The summed E-state index contributed by atoms with van der Waals surface area (Å²) < 4.78 is 5.12. The minimum absolute atomic E-state index is 0.374. The van der Waals surface area contributed by atoms with Crippen LogP contribution < -0.4 is 5.32 Å². The topological polar surface area (TPSA) is 38.3 Å². The van der Waals surface area contributed by atoms with E-state index in [9.17, 15) is 4.79 Å². The molecule has 0 fully saturated rings. The average molecular weight is 292 g/mol. The van der Waals surface area contributed by atoms with Crippen LogP contribution in [0.4, 0.5) is 4.79 Å². The molecule has 0 unspecified atom stereocenters. The minimum atomic E-state index is -0.440. The molecule has 0 radical (unpaired) electrons. The van der Waals surface area contributed by atoms with Gasteiger partial charge in [0.05, 0.1) is 0 Å². The largest absolute Gasteiger partial charge is 0.444 e. The van der Waals surface area contributed by atoms with Crippen LogP contribution in [0, 0.1) is 5.92 Å². The smallest absolute Gasteiger partial charge is 0.407 e. The number of amides is 1. The molecule has 0 aliphatic heterocycles. The van der Waals surface area contributed by atoms with Crippen LogP contribution in [0.15, 0.2) is 11.6 Å². The van der Waals surface area contributed by atoms with Crippen molar-refractivity contribution in [3.8, 4) is 0 Å². The summed E-state index contributed by atoms with van der Waals surface area (Å²) in [6.07, 6.45) is 1.64. The van der Waals surface area contributed by atoms with E-state index in [4.69, 9.17) is 4.74 Å². The molecule has 0 aliphatic rings. The maximum Gasteiger partial charge on any atom is 0.407 e. The summed E-state index contributed by atoms with van der Waals surface area (Å²) in [5.74, 6) is 0.486. The van der Waals surface area contributed by atoms with Gasteiger partial charge in [0.25, 0.3) is 0 Å². The van der Waals surface area contributed by atoms with Crippen molar-refractivity contribution >= 4 is 22.0 Å². The molecule has 16 heavy (non-hydrogen) atoms. The Morgan fingerprint density at radius 1 is 1.44 bits per heavy atom. The second-order valence-electron chi connectivity index (χ2n) is 4.95. The molecule has 1 N–H and O–H groups in total. The first kappa shape index (κ1) is 15.5. The lowest BCUT2D eigenvalue weighted by Crippen LogP contribution is -2.32. The molecule has 0 aliphatic carbocycles. The molecule has 0 aromatic heterocycles. The number of ether oxygens (including phenoxy) is 1. The van der Waals surface area contributed by atoms with E-state index in [2.05, 4.69) is 35.1 Å². The van der Waals surface area contributed by atoms with Gasteiger partial charge in [-0.1, -0.05) is 41.4 Å². The average Bonchev–Trinajstić information content (AvgIpc) is 2.08. The molecule has 0 aromatic rings. The Morgan fingerprint density at radius 2 is 2.00 bits per heavy atom. The molecule has 0 heterocycles. The van der Waals surface area contributed by atoms with Gasteiger partial charge in [-0.3, -0.25) is 0 Å². The van der Waals surface area contributed by atoms with Crippen molar-refractivity contribution < 1.29 is 9.53 Å². The fourth-order valence-electron chi connectivity index (χ4n) is 1.02. The van der Waals surface area contributed by atoms with Gasteiger partial charge >= 0.3 is 6.09 Å². The SMILES string of the molecule is CC(C)C(=CCNC(=O)OC(C)(C)C)CBr. The van der Waals surface area contributed by atoms with E-state index in [1.165, 1.54) is 5.57 Å². The first-order valence-electron chi connectivity index (χ1n) is 5.48. The summed E-state index contributed by atoms with van der Waals surface area (Å²) in [5, 5.41) is 3.53. The van der Waals surface area contributed by atoms with Gasteiger partial charge in [-0.05, 0) is 26.7 Å². The number of alkyl halides is 1. The van der Waals surface area contributed by atoms with Crippen molar-refractivity contribution in [3.63, 3.8) is 0 Å². The lowest BCUT2D eigenvalue weighted by molar-refractivity contribution is 0.0534. The number of carbonyl (C=O) groups is 1. The highest BCUT2D eigenvalue weighted by Gasteiger charge is 2.15. The molecule has 0 spiro atoms. The van der Waals surface area contributed by atoms with E-state index in [0.29, 0.717) is 12.5 Å². The van der Waals surface area contributed by atoms with Crippen LogP contribution in [-0.2, 0) is 4.74 Å². The Morgan fingerprint density at radius 3 is 2.38 bits per heavy atom. The third-order valence-corrected chi connectivity index (χ3v) is 2.55. The van der Waals surface area contributed by atoms with E-state index in [1.807, 2.05) is 26.8 Å². The summed E-state index contributed by atoms with van der Waals surface area (Å²) in [6.45, 7) is 10.3. The predicted octanol–water partition coefficient (Wildman–Crippen LogP) is 3.49. The van der Waals surface area contributed by atoms with E-state index in [0.717, 1.165) is 5.33 Å². The fraction of sp³-hybridized carbons (Fsp3) is 0.750.